The van der Waals surface area contributed by atoms with Crippen molar-refractivity contribution in [2.45, 2.75) is 4.90 Å². The number of non-ortho nitro benzene ring substituents is 1. The molecule has 0 aliphatic rings. The molecule has 0 unspecified atom stereocenters. The van der Waals surface area contributed by atoms with E-state index in [9.17, 15) is 23.6 Å². The summed E-state index contributed by atoms with van der Waals surface area (Å²) in [6.07, 6.45) is 3.29. The maximum atomic E-state index is 13.0. The molecule has 0 aliphatic carbocycles. The minimum atomic E-state index is -4.20. The van der Waals surface area contributed by atoms with Crippen molar-refractivity contribution in [1.82, 2.24) is 0 Å². The van der Waals surface area contributed by atoms with Crippen LogP contribution in [-0.2, 0) is 10.0 Å². The third-order valence-electron chi connectivity index (χ3n) is 5.11. The zero-order valence-electron chi connectivity index (χ0n) is 19.8. The molecule has 11 nitrogen and oxygen atoms in total. The molecule has 0 bridgehead atoms. The molecule has 0 saturated carbocycles. The molecule has 3 aromatic carbocycles. The Morgan fingerprint density at radius 3 is 1.94 bits per heavy atom. The number of sulfonamides is 1. The highest BCUT2D eigenvalue weighted by Gasteiger charge is 2.22. The van der Waals surface area contributed by atoms with E-state index in [0.717, 1.165) is 24.3 Å². The molecule has 3 aromatic rings. The van der Waals surface area contributed by atoms with Crippen LogP contribution in [0.25, 0.3) is 12.2 Å². The van der Waals surface area contributed by atoms with Gasteiger partial charge in [-0.2, -0.15) is 0 Å². The van der Waals surface area contributed by atoms with Crippen molar-refractivity contribution in [2.75, 3.05) is 33.2 Å². The lowest BCUT2D eigenvalue weighted by Crippen LogP contribution is -2.14. The minimum absolute atomic E-state index is 0.0282. The predicted octanol–water partition coefficient (Wildman–Crippen LogP) is 4.31. The van der Waals surface area contributed by atoms with Gasteiger partial charge in [0.15, 0.2) is 23.0 Å². The monoisotopic (exact) mass is 516 g/mol. The summed E-state index contributed by atoms with van der Waals surface area (Å²) < 4.78 is 49.8. The topological polar surface area (TPSA) is 146 Å². The number of phenols is 1. The normalized spacial score (nSPS) is 11.2. The second kappa shape index (κ2) is 10.9. The summed E-state index contributed by atoms with van der Waals surface area (Å²) in [5.74, 6) is 0.883. The van der Waals surface area contributed by atoms with E-state index in [1.54, 1.807) is 24.3 Å². The molecule has 0 amide bonds. The Hall–Kier alpha value is -4.45. The Labute approximate surface area is 207 Å². The summed E-state index contributed by atoms with van der Waals surface area (Å²) in [6, 6.07) is 10.7. The van der Waals surface area contributed by atoms with Crippen LogP contribution in [0.3, 0.4) is 0 Å². The van der Waals surface area contributed by atoms with Gasteiger partial charge in [-0.05, 0) is 42.0 Å². The van der Waals surface area contributed by atoms with E-state index < -0.39 is 14.9 Å². The van der Waals surface area contributed by atoms with Crippen LogP contribution in [0.4, 0.5) is 11.4 Å². The van der Waals surface area contributed by atoms with Crippen LogP contribution >= 0.6 is 0 Å². The molecule has 0 heterocycles. The van der Waals surface area contributed by atoms with Crippen LogP contribution in [0.2, 0.25) is 0 Å². The van der Waals surface area contributed by atoms with Crippen molar-refractivity contribution < 1.29 is 37.4 Å². The molecule has 0 aliphatic heterocycles. The van der Waals surface area contributed by atoms with Crippen LogP contribution in [0.15, 0.2) is 53.4 Å². The Bertz CT molecular complexity index is 1380. The van der Waals surface area contributed by atoms with Gasteiger partial charge in [0, 0.05) is 17.7 Å². The standard InChI is InChI=1S/C24H24N2O9S/c1-32-20-13-15(14-21(33-2)24(20)35-4)5-6-16-7-12-19(27)23(34-3)22(16)25-36(30,31)18-10-8-17(9-11-18)26(28)29/h5-14,25,27H,1-4H3/b6-5-. The lowest BCUT2D eigenvalue weighted by molar-refractivity contribution is -0.384. The number of rotatable bonds is 10. The van der Waals surface area contributed by atoms with E-state index in [1.165, 1.54) is 40.6 Å². The number of nitrogens with one attached hydrogen (secondary N) is 1. The van der Waals surface area contributed by atoms with Crippen molar-refractivity contribution in [3.63, 3.8) is 0 Å². The van der Waals surface area contributed by atoms with Crippen LogP contribution < -0.4 is 23.7 Å². The van der Waals surface area contributed by atoms with E-state index in [4.69, 9.17) is 18.9 Å². The fourth-order valence-electron chi connectivity index (χ4n) is 3.36. The fraction of sp³-hybridized carbons (Fsp3) is 0.167. The van der Waals surface area contributed by atoms with Gasteiger partial charge in [-0.25, -0.2) is 8.42 Å². The first-order valence-corrected chi connectivity index (χ1v) is 11.8. The highest BCUT2D eigenvalue weighted by molar-refractivity contribution is 7.92. The molecule has 36 heavy (non-hydrogen) atoms. The molecule has 0 saturated heterocycles. The zero-order valence-corrected chi connectivity index (χ0v) is 20.7. The molecule has 0 atom stereocenters. The third-order valence-corrected chi connectivity index (χ3v) is 6.48. The quantitative estimate of drug-likeness (QED) is 0.229. The van der Waals surface area contributed by atoms with Crippen LogP contribution in [0, 0.1) is 10.1 Å². The molecule has 190 valence electrons. The summed E-state index contributed by atoms with van der Waals surface area (Å²) >= 11 is 0. The molecule has 0 fully saturated rings. The Morgan fingerprint density at radius 2 is 1.44 bits per heavy atom. The van der Waals surface area contributed by atoms with Gasteiger partial charge in [0.2, 0.25) is 5.75 Å². The number of aromatic hydroxyl groups is 1. The molecular formula is C24H24N2O9S. The highest BCUT2D eigenvalue weighted by Crippen LogP contribution is 2.41. The number of ether oxygens (including phenoxy) is 4. The average molecular weight is 517 g/mol. The number of anilines is 1. The number of nitro benzene ring substituents is 1. The SMILES string of the molecule is COc1cc(/C=C\c2ccc(O)c(OC)c2NS(=O)(=O)c2ccc([N+](=O)[O-])cc2)cc(OC)c1OC. The molecule has 12 heteroatoms. The van der Waals surface area contributed by atoms with Crippen molar-refractivity contribution in [2.24, 2.45) is 0 Å². The minimum Gasteiger partial charge on any atom is -0.504 e. The third kappa shape index (κ3) is 5.44. The van der Waals surface area contributed by atoms with Gasteiger partial charge in [-0.3, -0.25) is 14.8 Å². The largest absolute Gasteiger partial charge is 0.504 e. The van der Waals surface area contributed by atoms with Crippen molar-refractivity contribution in [1.29, 1.82) is 0 Å². The number of hydrogen-bond acceptors (Lipinski definition) is 9. The first-order valence-electron chi connectivity index (χ1n) is 10.3. The second-order valence-electron chi connectivity index (χ2n) is 7.23. The Kier molecular flexibility index (Phi) is 7.90. The summed E-state index contributed by atoms with van der Waals surface area (Å²) in [5.41, 5.74) is 0.738. The summed E-state index contributed by atoms with van der Waals surface area (Å²) in [4.78, 5) is 10.0. The number of phenolic OH excluding ortho intramolecular Hbond substituents is 1. The second-order valence-corrected chi connectivity index (χ2v) is 8.91. The highest BCUT2D eigenvalue weighted by atomic mass is 32.2. The molecule has 2 N–H and O–H groups in total. The van der Waals surface area contributed by atoms with E-state index in [1.807, 2.05) is 0 Å². The first kappa shape index (κ1) is 26.2. The number of benzene rings is 3. The van der Waals surface area contributed by atoms with Gasteiger partial charge in [0.1, 0.15) is 5.69 Å². The maximum Gasteiger partial charge on any atom is 0.269 e. The van der Waals surface area contributed by atoms with Gasteiger partial charge in [0.05, 0.1) is 38.3 Å². The van der Waals surface area contributed by atoms with Crippen molar-refractivity contribution in [3.8, 4) is 28.7 Å². The van der Waals surface area contributed by atoms with Gasteiger partial charge in [0.25, 0.3) is 15.7 Å². The number of hydrogen-bond donors (Lipinski definition) is 2. The predicted molar refractivity (Wildman–Crippen MR) is 134 cm³/mol. The van der Waals surface area contributed by atoms with Crippen molar-refractivity contribution >= 4 is 33.6 Å². The maximum absolute atomic E-state index is 13.0. The van der Waals surface area contributed by atoms with E-state index in [2.05, 4.69) is 4.72 Å². The Balaban J connectivity index is 2.05. The molecular weight excluding hydrogens is 492 g/mol. The summed E-state index contributed by atoms with van der Waals surface area (Å²) in [5, 5.41) is 21.1. The fourth-order valence-corrected chi connectivity index (χ4v) is 4.45. The lowest BCUT2D eigenvalue weighted by Gasteiger charge is -2.16. The number of nitrogens with zero attached hydrogens (tertiary/aromatic N) is 1. The van der Waals surface area contributed by atoms with Gasteiger partial charge < -0.3 is 24.1 Å². The van der Waals surface area contributed by atoms with Crippen molar-refractivity contribution in [3.05, 3.63) is 69.8 Å². The van der Waals surface area contributed by atoms with E-state index in [0.29, 0.717) is 28.4 Å². The number of nitro groups is 1. The van der Waals surface area contributed by atoms with E-state index >= 15 is 0 Å². The first-order chi connectivity index (χ1) is 17.1. The number of methoxy groups -OCH3 is 4. The van der Waals surface area contributed by atoms with Gasteiger partial charge in [-0.1, -0.05) is 12.2 Å². The summed E-state index contributed by atoms with van der Waals surface area (Å²) in [6.45, 7) is 0. The molecule has 0 radical (unpaired) electrons. The Morgan fingerprint density at radius 1 is 0.861 bits per heavy atom. The van der Waals surface area contributed by atoms with Crippen LogP contribution in [-0.4, -0.2) is 46.9 Å². The molecule has 0 spiro atoms. The van der Waals surface area contributed by atoms with E-state index in [-0.39, 0.29) is 27.8 Å². The van der Waals surface area contributed by atoms with Crippen LogP contribution in [0.1, 0.15) is 11.1 Å². The van der Waals surface area contributed by atoms with Gasteiger partial charge in [-0.15, -0.1) is 0 Å². The summed E-state index contributed by atoms with van der Waals surface area (Å²) in [7, 11) is 1.55. The zero-order chi connectivity index (χ0) is 26.5. The average Bonchev–Trinajstić information content (AvgIpc) is 2.87. The van der Waals surface area contributed by atoms with Crippen LogP contribution in [0.5, 0.6) is 28.7 Å². The molecule has 0 aromatic heterocycles. The smallest absolute Gasteiger partial charge is 0.269 e. The van der Waals surface area contributed by atoms with Gasteiger partial charge >= 0.3 is 0 Å². The molecule has 3 rings (SSSR count). The lowest BCUT2D eigenvalue weighted by atomic mass is 10.1.